The van der Waals surface area contributed by atoms with Crippen molar-refractivity contribution < 1.29 is 14.3 Å². The molecule has 0 unspecified atom stereocenters. The quantitative estimate of drug-likeness (QED) is 0.603. The lowest BCUT2D eigenvalue weighted by atomic mass is 9.85. The molecule has 0 aliphatic carbocycles. The predicted molar refractivity (Wildman–Crippen MR) is 66.5 cm³/mol. The first-order valence-electron chi connectivity index (χ1n) is 5.99. The zero-order valence-corrected chi connectivity index (χ0v) is 11.2. The molecule has 1 heterocycles. The van der Waals surface area contributed by atoms with Gasteiger partial charge in [0.25, 0.3) is 0 Å². The Morgan fingerprint density at radius 1 is 1.47 bits per heavy atom. The molecular formula is C13H23NO3. The molecular weight excluding hydrogens is 218 g/mol. The molecule has 1 fully saturated rings. The molecule has 17 heavy (non-hydrogen) atoms. The molecule has 1 saturated heterocycles. The number of amides is 1. The van der Waals surface area contributed by atoms with Gasteiger partial charge in [-0.15, -0.1) is 6.58 Å². The summed E-state index contributed by atoms with van der Waals surface area (Å²) in [6.45, 7) is 12.3. The summed E-state index contributed by atoms with van der Waals surface area (Å²) in [6, 6.07) is 0. The normalized spacial score (nSPS) is 26.2. The average Bonchev–Trinajstić information content (AvgIpc) is 2.22. The van der Waals surface area contributed by atoms with E-state index in [9.17, 15) is 4.79 Å². The van der Waals surface area contributed by atoms with Crippen LogP contribution in [0.2, 0.25) is 0 Å². The molecule has 98 valence electrons. The maximum Gasteiger partial charge on any atom is 0.249 e. The second-order valence-corrected chi connectivity index (χ2v) is 5.54. The van der Waals surface area contributed by atoms with Crippen molar-refractivity contribution in [1.29, 1.82) is 0 Å². The summed E-state index contributed by atoms with van der Waals surface area (Å²) < 4.78 is 11.3. The molecule has 0 aromatic carbocycles. The van der Waals surface area contributed by atoms with Crippen LogP contribution in [0, 0.1) is 5.41 Å². The minimum absolute atomic E-state index is 0.0757. The number of hydrogen-bond donors (Lipinski definition) is 1. The van der Waals surface area contributed by atoms with E-state index in [2.05, 4.69) is 11.9 Å². The van der Waals surface area contributed by atoms with Gasteiger partial charge in [0.05, 0.1) is 6.61 Å². The van der Waals surface area contributed by atoms with Crippen LogP contribution in [0.5, 0.6) is 0 Å². The number of carbonyl (C=O) groups excluding carboxylic acids is 1. The molecule has 1 aliphatic rings. The van der Waals surface area contributed by atoms with Gasteiger partial charge in [0.15, 0.2) is 5.79 Å². The maximum absolute atomic E-state index is 12.1. The number of ether oxygens (including phenoxy) is 2. The van der Waals surface area contributed by atoms with Crippen molar-refractivity contribution >= 4 is 5.91 Å². The maximum atomic E-state index is 12.1. The second-order valence-electron chi connectivity index (χ2n) is 5.54. The van der Waals surface area contributed by atoms with Gasteiger partial charge in [-0.2, -0.15) is 0 Å². The predicted octanol–water partition coefficient (Wildman–Crippen LogP) is 1.86. The van der Waals surface area contributed by atoms with E-state index in [0.717, 1.165) is 6.42 Å². The van der Waals surface area contributed by atoms with Crippen LogP contribution in [0.3, 0.4) is 0 Å². The van der Waals surface area contributed by atoms with Gasteiger partial charge in [0.2, 0.25) is 5.91 Å². The van der Waals surface area contributed by atoms with Gasteiger partial charge in [-0.25, -0.2) is 0 Å². The molecule has 1 N–H and O–H groups in total. The van der Waals surface area contributed by atoms with E-state index < -0.39 is 11.9 Å². The third kappa shape index (κ3) is 3.82. The molecule has 4 nitrogen and oxygen atoms in total. The lowest BCUT2D eigenvalue weighted by Gasteiger charge is -2.44. The van der Waals surface area contributed by atoms with Crippen LogP contribution in [0.15, 0.2) is 12.7 Å². The Morgan fingerprint density at radius 2 is 2.12 bits per heavy atom. The van der Waals surface area contributed by atoms with Gasteiger partial charge in [-0.3, -0.25) is 4.79 Å². The molecule has 4 heteroatoms. The SMILES string of the molecule is C=CCCNC(=O)[C@@H]1OC(C)(C)OCC1(C)C. The summed E-state index contributed by atoms with van der Waals surface area (Å²) in [5.74, 6) is -0.774. The van der Waals surface area contributed by atoms with Gasteiger partial charge in [-0.1, -0.05) is 19.9 Å². The second kappa shape index (κ2) is 5.19. The van der Waals surface area contributed by atoms with Crippen molar-refractivity contribution in [1.82, 2.24) is 5.32 Å². The molecule has 0 aromatic rings. The number of carbonyl (C=O) groups is 1. The largest absolute Gasteiger partial charge is 0.354 e. The van der Waals surface area contributed by atoms with Crippen LogP contribution < -0.4 is 5.32 Å². The molecule has 1 rings (SSSR count). The summed E-state index contributed by atoms with van der Waals surface area (Å²) >= 11 is 0. The van der Waals surface area contributed by atoms with Gasteiger partial charge < -0.3 is 14.8 Å². The van der Waals surface area contributed by atoms with Crippen LogP contribution in [-0.2, 0) is 14.3 Å². The first-order chi connectivity index (χ1) is 7.78. The van der Waals surface area contributed by atoms with Gasteiger partial charge >= 0.3 is 0 Å². The van der Waals surface area contributed by atoms with Gasteiger partial charge in [0, 0.05) is 12.0 Å². The van der Waals surface area contributed by atoms with Crippen LogP contribution >= 0.6 is 0 Å². The van der Waals surface area contributed by atoms with Gasteiger partial charge in [-0.05, 0) is 20.3 Å². The van der Waals surface area contributed by atoms with E-state index in [-0.39, 0.29) is 11.3 Å². The van der Waals surface area contributed by atoms with E-state index in [1.807, 2.05) is 27.7 Å². The fraction of sp³-hybridized carbons (Fsp3) is 0.769. The Balaban J connectivity index is 2.64. The lowest BCUT2D eigenvalue weighted by Crippen LogP contribution is -2.56. The zero-order valence-electron chi connectivity index (χ0n) is 11.2. The van der Waals surface area contributed by atoms with Crippen LogP contribution in [-0.4, -0.2) is 30.9 Å². The third-order valence-electron chi connectivity index (χ3n) is 2.79. The highest BCUT2D eigenvalue weighted by atomic mass is 16.7. The number of hydrogen-bond acceptors (Lipinski definition) is 3. The van der Waals surface area contributed by atoms with Crippen molar-refractivity contribution in [2.24, 2.45) is 5.41 Å². The summed E-state index contributed by atoms with van der Waals surface area (Å²) in [5, 5.41) is 2.86. The smallest absolute Gasteiger partial charge is 0.249 e. The average molecular weight is 241 g/mol. The fourth-order valence-electron chi connectivity index (χ4n) is 1.71. The van der Waals surface area contributed by atoms with Crippen molar-refractivity contribution in [2.75, 3.05) is 13.2 Å². The monoisotopic (exact) mass is 241 g/mol. The fourth-order valence-corrected chi connectivity index (χ4v) is 1.71. The zero-order chi connectivity index (χ0) is 13.1. The summed E-state index contributed by atoms with van der Waals surface area (Å²) in [6.07, 6.45) is 2.06. The van der Waals surface area contributed by atoms with E-state index in [4.69, 9.17) is 9.47 Å². The molecule has 1 amide bonds. The molecule has 0 saturated carbocycles. The first-order valence-corrected chi connectivity index (χ1v) is 5.99. The van der Waals surface area contributed by atoms with E-state index in [1.54, 1.807) is 6.08 Å². The van der Waals surface area contributed by atoms with Crippen molar-refractivity contribution in [3.8, 4) is 0 Å². The summed E-state index contributed by atoms with van der Waals surface area (Å²) in [7, 11) is 0. The van der Waals surface area contributed by atoms with Crippen LogP contribution in [0.1, 0.15) is 34.1 Å². The Kier molecular flexibility index (Phi) is 4.33. The molecule has 0 bridgehead atoms. The van der Waals surface area contributed by atoms with Crippen molar-refractivity contribution in [2.45, 2.75) is 46.0 Å². The molecule has 0 aromatic heterocycles. The Labute approximate surface area is 103 Å². The van der Waals surface area contributed by atoms with Gasteiger partial charge in [0.1, 0.15) is 6.10 Å². The highest BCUT2D eigenvalue weighted by molar-refractivity contribution is 5.81. The highest BCUT2D eigenvalue weighted by Crippen LogP contribution is 2.34. The van der Waals surface area contributed by atoms with E-state index in [0.29, 0.717) is 13.2 Å². The number of nitrogens with one attached hydrogen (secondary N) is 1. The molecule has 1 aliphatic heterocycles. The summed E-state index contributed by atoms with van der Waals surface area (Å²) in [5.41, 5.74) is -0.312. The van der Waals surface area contributed by atoms with Crippen molar-refractivity contribution in [3.05, 3.63) is 12.7 Å². The topological polar surface area (TPSA) is 47.6 Å². The minimum Gasteiger partial charge on any atom is -0.354 e. The van der Waals surface area contributed by atoms with Crippen LogP contribution in [0.25, 0.3) is 0 Å². The molecule has 0 radical (unpaired) electrons. The minimum atomic E-state index is -0.698. The molecule has 1 atom stereocenters. The number of rotatable bonds is 4. The third-order valence-corrected chi connectivity index (χ3v) is 2.79. The lowest BCUT2D eigenvalue weighted by molar-refractivity contribution is -0.304. The Bertz CT molecular complexity index is 297. The summed E-state index contributed by atoms with van der Waals surface area (Å²) in [4.78, 5) is 12.1. The van der Waals surface area contributed by atoms with E-state index in [1.165, 1.54) is 0 Å². The standard InChI is InChI=1S/C13H23NO3/c1-6-7-8-14-11(15)10-12(2,3)9-16-13(4,5)17-10/h6,10H,1,7-9H2,2-5H3,(H,14,15)/t10-/m0/s1. The Hall–Kier alpha value is -0.870. The highest BCUT2D eigenvalue weighted by Gasteiger charge is 2.45. The van der Waals surface area contributed by atoms with Crippen LogP contribution in [0.4, 0.5) is 0 Å². The van der Waals surface area contributed by atoms with Crippen molar-refractivity contribution in [3.63, 3.8) is 0 Å². The van der Waals surface area contributed by atoms with E-state index >= 15 is 0 Å². The Morgan fingerprint density at radius 3 is 2.71 bits per heavy atom. The molecule has 0 spiro atoms. The first kappa shape index (κ1) is 14.2.